The molecule has 0 saturated heterocycles. The van der Waals surface area contributed by atoms with Crippen LogP contribution in [0.25, 0.3) is 0 Å². The second kappa shape index (κ2) is 5.74. The molecule has 6 nitrogen and oxygen atoms in total. The van der Waals surface area contributed by atoms with Crippen molar-refractivity contribution in [2.45, 2.75) is 26.9 Å². The van der Waals surface area contributed by atoms with Gasteiger partial charge in [0.15, 0.2) is 0 Å². The summed E-state index contributed by atoms with van der Waals surface area (Å²) in [5, 5.41) is 0. The predicted molar refractivity (Wildman–Crippen MR) is 53.1 cm³/mol. The Balaban J connectivity index is 0. The second-order valence-electron chi connectivity index (χ2n) is 2.81. The smallest absolute Gasteiger partial charge is 0.344 e. The van der Waals surface area contributed by atoms with Gasteiger partial charge in [0.2, 0.25) is 0 Å². The number of nitrogens with one attached hydrogen (secondary N) is 1. The Kier molecular flexibility index (Phi) is 6.37. The summed E-state index contributed by atoms with van der Waals surface area (Å²) in [5.41, 5.74) is 0.107. The Hall–Kier alpha value is -0.920. The molecule has 0 rings (SSSR count). The average molecular weight is 224 g/mol. The molecule has 0 radical (unpaired) electrons. The molecular formula is C7H16N2O4S. The van der Waals surface area contributed by atoms with Crippen molar-refractivity contribution in [3.8, 4) is 0 Å². The summed E-state index contributed by atoms with van der Waals surface area (Å²) in [5.74, 6) is -0.763. The largest absolute Gasteiger partial charge is 0.362 e. The first-order valence-corrected chi connectivity index (χ1v) is 5.06. The third kappa shape index (κ3) is 6.58. The van der Waals surface area contributed by atoms with Crippen molar-refractivity contribution < 1.29 is 17.4 Å². The van der Waals surface area contributed by atoms with Gasteiger partial charge in [-0.3, -0.25) is 8.98 Å². The van der Waals surface area contributed by atoms with E-state index in [0.717, 1.165) is 0 Å². The van der Waals surface area contributed by atoms with E-state index >= 15 is 0 Å². The monoisotopic (exact) mass is 224 g/mol. The summed E-state index contributed by atoms with van der Waals surface area (Å²) in [6, 6.07) is 0. The van der Waals surface area contributed by atoms with Crippen molar-refractivity contribution in [2.75, 3.05) is 0 Å². The van der Waals surface area contributed by atoms with Gasteiger partial charge in [-0.05, 0) is 20.8 Å². The number of hydrogen-bond acceptors (Lipinski definition) is 5. The molecule has 0 aliphatic carbocycles. The highest BCUT2D eigenvalue weighted by Gasteiger charge is 2.16. The first-order chi connectivity index (χ1) is 5.74. The zero-order valence-electron chi connectivity index (χ0n) is 8.53. The maximum absolute atomic E-state index is 11.0. The van der Waals surface area contributed by atoms with E-state index in [-0.39, 0.29) is 11.7 Å². The van der Waals surface area contributed by atoms with Crippen LogP contribution in [0.1, 0.15) is 20.8 Å². The highest BCUT2D eigenvalue weighted by molar-refractivity contribution is 7.85. The molecule has 0 aromatic carbocycles. The lowest BCUT2D eigenvalue weighted by Crippen LogP contribution is -2.33. The molecule has 7 heteroatoms. The van der Waals surface area contributed by atoms with Gasteiger partial charge in [0, 0.05) is 5.57 Å². The van der Waals surface area contributed by atoms with Gasteiger partial charge in [0.1, 0.15) is 0 Å². The van der Waals surface area contributed by atoms with Crippen molar-refractivity contribution in [3.05, 3.63) is 12.2 Å². The number of rotatable bonds is 4. The Labute approximate surface area is 84.2 Å². The van der Waals surface area contributed by atoms with Crippen molar-refractivity contribution in [2.24, 2.45) is 0 Å². The molecule has 14 heavy (non-hydrogen) atoms. The van der Waals surface area contributed by atoms with Gasteiger partial charge in [-0.1, -0.05) is 6.58 Å². The van der Waals surface area contributed by atoms with Crippen LogP contribution in [-0.2, 0) is 19.3 Å². The molecule has 4 N–H and O–H groups in total. The fourth-order valence-corrected chi connectivity index (χ4v) is 1.43. The lowest BCUT2D eigenvalue weighted by atomic mass is 10.3. The van der Waals surface area contributed by atoms with Crippen LogP contribution in [0.5, 0.6) is 0 Å². The van der Waals surface area contributed by atoms with Crippen molar-refractivity contribution in [3.63, 3.8) is 0 Å². The van der Waals surface area contributed by atoms with Gasteiger partial charge in [0.25, 0.3) is 5.91 Å². The summed E-state index contributed by atoms with van der Waals surface area (Å²) in [7, 11) is -3.99. The molecule has 0 atom stereocenters. The van der Waals surface area contributed by atoms with Gasteiger partial charge in [-0.15, -0.1) is 0 Å². The van der Waals surface area contributed by atoms with E-state index in [1.807, 2.05) is 0 Å². The van der Waals surface area contributed by atoms with Crippen LogP contribution in [0.15, 0.2) is 12.2 Å². The number of carbonyl (C=O) groups is 1. The molecule has 0 heterocycles. The van der Waals surface area contributed by atoms with E-state index in [4.69, 9.17) is 0 Å². The molecule has 84 valence electrons. The minimum Gasteiger partial charge on any atom is -0.344 e. The van der Waals surface area contributed by atoms with E-state index in [1.54, 1.807) is 18.6 Å². The highest BCUT2D eigenvalue weighted by atomic mass is 32.2. The zero-order valence-corrected chi connectivity index (χ0v) is 9.35. The summed E-state index contributed by atoms with van der Waals surface area (Å²) >= 11 is 0. The van der Waals surface area contributed by atoms with Gasteiger partial charge in [-0.2, -0.15) is 8.42 Å². The molecule has 0 aliphatic rings. The topological polar surface area (TPSA) is 107 Å². The molecule has 0 aliphatic heterocycles. The molecule has 1 amide bonds. The quantitative estimate of drug-likeness (QED) is 0.676. The van der Waals surface area contributed by atoms with Gasteiger partial charge < -0.3 is 6.15 Å². The third-order valence-corrected chi connectivity index (χ3v) is 2.00. The summed E-state index contributed by atoms with van der Waals surface area (Å²) in [6.45, 7) is 7.78. The third-order valence-electron chi connectivity index (χ3n) is 0.924. The van der Waals surface area contributed by atoms with Gasteiger partial charge in [0.05, 0.1) is 6.10 Å². The Bertz CT molecular complexity index is 308. The van der Waals surface area contributed by atoms with E-state index in [0.29, 0.717) is 0 Å². The Morgan fingerprint density at radius 3 is 2.14 bits per heavy atom. The van der Waals surface area contributed by atoms with Crippen LogP contribution in [-0.4, -0.2) is 20.4 Å². The van der Waals surface area contributed by atoms with E-state index in [9.17, 15) is 13.2 Å². The molecule has 0 saturated carbocycles. The number of carbonyl (C=O) groups excluding carboxylic acids is 1. The molecule has 0 aromatic heterocycles. The fraction of sp³-hybridized carbons (Fsp3) is 0.571. The fourth-order valence-electron chi connectivity index (χ4n) is 0.478. The second-order valence-corrected chi connectivity index (χ2v) is 4.12. The van der Waals surface area contributed by atoms with Crippen LogP contribution >= 0.6 is 0 Å². The predicted octanol–water partition coefficient (Wildman–Crippen LogP) is 0.511. The lowest BCUT2D eigenvalue weighted by molar-refractivity contribution is -0.115. The highest BCUT2D eigenvalue weighted by Crippen LogP contribution is 1.97. The minimum absolute atomic E-state index is 0. The van der Waals surface area contributed by atoms with E-state index in [1.165, 1.54) is 6.92 Å². The van der Waals surface area contributed by atoms with Crippen molar-refractivity contribution in [1.82, 2.24) is 10.9 Å². The molecule has 0 aromatic rings. The van der Waals surface area contributed by atoms with Crippen LogP contribution in [0, 0.1) is 0 Å². The minimum atomic E-state index is -3.99. The number of hydrogen-bond donors (Lipinski definition) is 2. The maximum Gasteiger partial charge on any atom is 0.362 e. The zero-order chi connectivity index (χ0) is 10.6. The Morgan fingerprint density at radius 1 is 1.43 bits per heavy atom. The molecule has 0 unspecified atom stereocenters. The maximum atomic E-state index is 11.0. The SMILES string of the molecule is C=C(C)C(=O)NS(=O)(=O)OC(C)C.N. The van der Waals surface area contributed by atoms with Gasteiger partial charge >= 0.3 is 10.3 Å². The standard InChI is InChI=1S/C7H13NO4S.H3N/c1-5(2)7(9)8-13(10,11)12-6(3)4;/h6H,1H2,2-4H3,(H,8,9);1H3. The average Bonchev–Trinajstić information content (AvgIpc) is 1.81. The summed E-state index contributed by atoms with van der Waals surface area (Å²) < 4.78 is 28.1. The van der Waals surface area contributed by atoms with Crippen LogP contribution in [0.3, 0.4) is 0 Å². The first-order valence-electron chi connectivity index (χ1n) is 3.65. The molecule has 0 fully saturated rings. The summed E-state index contributed by atoms with van der Waals surface area (Å²) in [4.78, 5) is 10.9. The van der Waals surface area contributed by atoms with Crippen molar-refractivity contribution >= 4 is 16.2 Å². The van der Waals surface area contributed by atoms with E-state index < -0.39 is 22.3 Å². The van der Waals surface area contributed by atoms with Gasteiger partial charge in [-0.25, -0.2) is 4.72 Å². The lowest BCUT2D eigenvalue weighted by Gasteiger charge is -2.08. The van der Waals surface area contributed by atoms with Crippen LogP contribution < -0.4 is 10.9 Å². The normalized spacial score (nSPS) is 10.6. The molecule has 0 bridgehead atoms. The number of amides is 1. The van der Waals surface area contributed by atoms with E-state index in [2.05, 4.69) is 10.8 Å². The molecule has 0 spiro atoms. The Morgan fingerprint density at radius 2 is 1.86 bits per heavy atom. The molecular weight excluding hydrogens is 208 g/mol. The van der Waals surface area contributed by atoms with Crippen LogP contribution in [0.4, 0.5) is 0 Å². The first kappa shape index (κ1) is 15.5. The van der Waals surface area contributed by atoms with Crippen LogP contribution in [0.2, 0.25) is 0 Å². The van der Waals surface area contributed by atoms with Crippen molar-refractivity contribution in [1.29, 1.82) is 0 Å². The summed E-state index contributed by atoms with van der Waals surface area (Å²) in [6.07, 6.45) is -0.504.